The molecule has 0 unspecified atom stereocenters. The molecular weight excluding hydrogens is 486 g/mol. The van der Waals surface area contributed by atoms with E-state index in [2.05, 4.69) is 15.9 Å². The average Bonchev–Trinajstić information content (AvgIpc) is 2.89. The molecule has 8 heteroatoms. The molecule has 1 N–H and O–H groups in total. The van der Waals surface area contributed by atoms with Crippen LogP contribution in [0.2, 0.25) is 0 Å². The number of rotatable bonds is 3. The van der Waals surface area contributed by atoms with Crippen LogP contribution in [0.1, 0.15) is 47.0 Å². The Bertz CT molecular complexity index is 949. The first-order valence-electron chi connectivity index (χ1n) is 11.0. The van der Waals surface area contributed by atoms with E-state index >= 15 is 8.78 Å². The van der Waals surface area contributed by atoms with E-state index in [-0.39, 0.29) is 30.3 Å². The summed E-state index contributed by atoms with van der Waals surface area (Å²) in [6.07, 6.45) is 1.12. The Kier molecular flexibility index (Phi) is 5.41. The van der Waals surface area contributed by atoms with Crippen molar-refractivity contribution < 1.29 is 33.0 Å². The molecule has 0 aliphatic heterocycles. The Balaban J connectivity index is 1.80. The molecule has 176 valence electrons. The molecule has 4 aliphatic rings. The van der Waals surface area contributed by atoms with E-state index in [9.17, 15) is 19.5 Å². The maximum atomic E-state index is 17.1. The molecule has 3 fully saturated rings. The summed E-state index contributed by atoms with van der Waals surface area (Å²) in [4.78, 5) is 36.4. The van der Waals surface area contributed by atoms with Crippen molar-refractivity contribution in [2.24, 2.45) is 28.6 Å². The highest BCUT2D eigenvalue weighted by Gasteiger charge is 2.77. The van der Waals surface area contributed by atoms with Gasteiger partial charge in [0.05, 0.1) is 10.4 Å². The van der Waals surface area contributed by atoms with Crippen molar-refractivity contribution in [2.75, 3.05) is 6.61 Å². The lowest BCUT2D eigenvalue weighted by atomic mass is 9.44. The largest absolute Gasteiger partial charge is 0.458 e. The Morgan fingerprint density at radius 2 is 2.00 bits per heavy atom. The van der Waals surface area contributed by atoms with E-state index in [0.717, 1.165) is 0 Å². The molecule has 5 nitrogen and oxygen atoms in total. The average molecular weight is 515 g/mol. The number of esters is 1. The fourth-order valence-corrected chi connectivity index (χ4v) is 8.08. The van der Waals surface area contributed by atoms with Crippen molar-refractivity contribution in [3.8, 4) is 0 Å². The molecule has 4 rings (SSSR count). The van der Waals surface area contributed by atoms with Gasteiger partial charge in [0.2, 0.25) is 0 Å². The SMILES string of the molecule is CC(=O)OCC(=O)[C@@]1(Br)[C@H](C)C[C@H]2[C@@H]3[C@H](F)CC4=CC(=O)C=C[C@]4(C)[C@@]3(F)[C@@H](O)C[C@@]21C. The van der Waals surface area contributed by atoms with Gasteiger partial charge in [-0.2, -0.15) is 0 Å². The van der Waals surface area contributed by atoms with Gasteiger partial charge in [0, 0.05) is 24.7 Å². The number of fused-ring (bicyclic) bond motifs is 5. The van der Waals surface area contributed by atoms with Gasteiger partial charge in [-0.1, -0.05) is 41.4 Å². The van der Waals surface area contributed by atoms with Gasteiger partial charge in [-0.15, -0.1) is 0 Å². The highest BCUT2D eigenvalue weighted by Crippen LogP contribution is 2.72. The number of ether oxygens (including phenoxy) is 1. The number of ketones is 2. The van der Waals surface area contributed by atoms with Gasteiger partial charge in [-0.25, -0.2) is 8.78 Å². The number of halogens is 3. The van der Waals surface area contributed by atoms with Gasteiger partial charge in [-0.05, 0) is 49.2 Å². The first-order valence-corrected chi connectivity index (χ1v) is 11.8. The lowest BCUT2D eigenvalue weighted by molar-refractivity contribution is -0.210. The third-order valence-electron chi connectivity index (χ3n) is 8.93. The summed E-state index contributed by atoms with van der Waals surface area (Å²) < 4.78 is 36.6. The van der Waals surface area contributed by atoms with Crippen LogP contribution in [0, 0.1) is 28.6 Å². The Labute approximate surface area is 194 Å². The van der Waals surface area contributed by atoms with E-state index in [1.54, 1.807) is 13.8 Å². The molecule has 0 aromatic rings. The van der Waals surface area contributed by atoms with E-state index in [4.69, 9.17) is 4.74 Å². The highest BCUT2D eigenvalue weighted by molar-refractivity contribution is 9.10. The van der Waals surface area contributed by atoms with Crippen molar-refractivity contribution in [1.29, 1.82) is 0 Å². The van der Waals surface area contributed by atoms with Crippen LogP contribution in [0.4, 0.5) is 8.78 Å². The van der Waals surface area contributed by atoms with Crippen LogP contribution in [0.25, 0.3) is 0 Å². The van der Waals surface area contributed by atoms with Crippen molar-refractivity contribution >= 4 is 33.5 Å². The quantitative estimate of drug-likeness (QED) is 0.457. The fourth-order valence-electron chi connectivity index (χ4n) is 7.32. The van der Waals surface area contributed by atoms with Gasteiger partial charge >= 0.3 is 5.97 Å². The fraction of sp³-hybridized carbons (Fsp3) is 0.708. The minimum absolute atomic E-state index is 0.0660. The lowest BCUT2D eigenvalue weighted by Crippen LogP contribution is -2.70. The second-order valence-corrected chi connectivity index (χ2v) is 11.7. The van der Waals surface area contributed by atoms with Crippen LogP contribution in [-0.4, -0.2) is 51.5 Å². The number of aliphatic hydroxyl groups excluding tert-OH is 1. The van der Waals surface area contributed by atoms with Crippen LogP contribution in [0.15, 0.2) is 23.8 Å². The molecular formula is C24H29BrF2O5. The van der Waals surface area contributed by atoms with E-state index in [1.165, 1.54) is 25.2 Å². The molecule has 0 bridgehead atoms. The third kappa shape index (κ3) is 2.77. The van der Waals surface area contributed by atoms with Gasteiger partial charge in [0.1, 0.15) is 6.17 Å². The molecule has 32 heavy (non-hydrogen) atoms. The van der Waals surface area contributed by atoms with Gasteiger partial charge in [-0.3, -0.25) is 14.4 Å². The number of hydrogen-bond donors (Lipinski definition) is 1. The smallest absolute Gasteiger partial charge is 0.303 e. The second kappa shape index (κ2) is 7.29. The molecule has 0 amide bonds. The molecule has 0 radical (unpaired) electrons. The summed E-state index contributed by atoms with van der Waals surface area (Å²) in [6.45, 7) is 6.04. The Hall–Kier alpha value is -1.41. The van der Waals surface area contributed by atoms with Gasteiger partial charge in [0.25, 0.3) is 0 Å². The number of carbonyl (C=O) groups excluding carboxylic acids is 3. The number of hydrogen-bond acceptors (Lipinski definition) is 5. The van der Waals surface area contributed by atoms with Crippen LogP contribution < -0.4 is 0 Å². The van der Waals surface area contributed by atoms with Crippen molar-refractivity contribution in [1.82, 2.24) is 0 Å². The number of allylic oxidation sites excluding steroid dienone is 4. The number of aliphatic hydroxyl groups is 1. The van der Waals surface area contributed by atoms with E-state index in [0.29, 0.717) is 12.0 Å². The zero-order valence-corrected chi connectivity index (χ0v) is 20.2. The van der Waals surface area contributed by atoms with E-state index in [1.807, 2.05) is 6.92 Å². The Morgan fingerprint density at radius 3 is 2.62 bits per heavy atom. The topological polar surface area (TPSA) is 80.7 Å². The van der Waals surface area contributed by atoms with Crippen molar-refractivity contribution in [2.45, 2.75) is 69.2 Å². The summed E-state index contributed by atoms with van der Waals surface area (Å²) in [7, 11) is 0. The van der Waals surface area contributed by atoms with Crippen LogP contribution in [-0.2, 0) is 19.1 Å². The zero-order chi connectivity index (χ0) is 23.9. The summed E-state index contributed by atoms with van der Waals surface area (Å²) in [6, 6.07) is 0. The maximum absolute atomic E-state index is 17.1. The van der Waals surface area contributed by atoms with Crippen LogP contribution in [0.5, 0.6) is 0 Å². The molecule has 0 spiro atoms. The predicted molar refractivity (Wildman–Crippen MR) is 116 cm³/mol. The normalized spacial score (nSPS) is 49.6. The number of carbonyl (C=O) groups is 3. The molecule has 0 aromatic carbocycles. The number of alkyl halides is 3. The minimum Gasteiger partial charge on any atom is -0.458 e. The number of Topliss-reactive ketones (excluding diaryl/α,β-unsaturated/α-hetero) is 1. The first-order chi connectivity index (χ1) is 14.7. The monoisotopic (exact) mass is 514 g/mol. The van der Waals surface area contributed by atoms with Crippen LogP contribution >= 0.6 is 15.9 Å². The summed E-state index contributed by atoms with van der Waals surface area (Å²) in [5.74, 6) is -3.26. The predicted octanol–water partition coefficient (Wildman–Crippen LogP) is 3.82. The molecule has 9 atom stereocenters. The third-order valence-corrected chi connectivity index (χ3v) is 11.1. The molecule has 0 aromatic heterocycles. The van der Waals surface area contributed by atoms with Crippen LogP contribution in [0.3, 0.4) is 0 Å². The molecule has 4 aliphatic carbocycles. The summed E-state index contributed by atoms with van der Waals surface area (Å²) in [5, 5.41) is 11.3. The van der Waals surface area contributed by atoms with Crippen molar-refractivity contribution in [3.05, 3.63) is 23.8 Å². The Morgan fingerprint density at radius 1 is 1.34 bits per heavy atom. The van der Waals surface area contributed by atoms with Crippen molar-refractivity contribution in [3.63, 3.8) is 0 Å². The minimum atomic E-state index is -2.32. The first kappa shape index (κ1) is 23.7. The summed E-state index contributed by atoms with van der Waals surface area (Å²) in [5.41, 5.74) is -4.23. The van der Waals surface area contributed by atoms with Gasteiger partial charge < -0.3 is 9.84 Å². The van der Waals surface area contributed by atoms with E-state index < -0.39 is 57.5 Å². The molecule has 0 saturated heterocycles. The summed E-state index contributed by atoms with van der Waals surface area (Å²) >= 11 is 3.63. The standard InChI is InChI=1S/C24H29BrF2O5/c1-12-7-16-20-17(26)9-14-8-15(29)5-6-21(14,3)24(20,27)18(30)10-22(16,4)23(12,25)19(31)11-32-13(2)28/h5-6,8,12,16-18,20,30H,7,9-11H2,1-4H3/t12-,16+,17-,18+,20-,21+,22+,23+,24-/m1/s1. The van der Waals surface area contributed by atoms with Gasteiger partial charge in [0.15, 0.2) is 23.8 Å². The lowest BCUT2D eigenvalue weighted by Gasteiger charge is -2.63. The molecule has 0 heterocycles. The zero-order valence-electron chi connectivity index (χ0n) is 18.7. The molecule has 3 saturated carbocycles. The second-order valence-electron chi connectivity index (χ2n) is 10.4. The maximum Gasteiger partial charge on any atom is 0.303 e. The highest BCUT2D eigenvalue weighted by atomic mass is 79.9.